The van der Waals surface area contributed by atoms with Crippen LogP contribution in [0.25, 0.3) is 0 Å². The lowest BCUT2D eigenvalue weighted by atomic mass is 9.88. The Morgan fingerprint density at radius 3 is 2.81 bits per heavy atom. The van der Waals surface area contributed by atoms with E-state index >= 15 is 0 Å². The number of hydrogen-bond acceptors (Lipinski definition) is 6. The van der Waals surface area contributed by atoms with Gasteiger partial charge in [0.2, 0.25) is 5.78 Å². The molecule has 0 bridgehead atoms. The molecule has 1 fully saturated rings. The van der Waals surface area contributed by atoms with Crippen LogP contribution < -0.4 is 4.90 Å². The Morgan fingerprint density at radius 2 is 2.15 bits per heavy atom. The van der Waals surface area contributed by atoms with E-state index < -0.39 is 5.60 Å². The topological polar surface area (TPSA) is 76.7 Å². The van der Waals surface area contributed by atoms with Crippen molar-refractivity contribution in [3.05, 3.63) is 44.8 Å². The highest BCUT2D eigenvalue weighted by Gasteiger charge is 2.53. The number of Topliss-reactive ketones (excluding diaryl/α,β-unsaturated/α-hetero) is 1. The summed E-state index contributed by atoms with van der Waals surface area (Å²) in [4.78, 5) is 20.4. The summed E-state index contributed by atoms with van der Waals surface area (Å²) in [5, 5.41) is 21.1. The number of thiophene rings is 1. The minimum atomic E-state index is -1.61. The van der Waals surface area contributed by atoms with Gasteiger partial charge in [0.25, 0.3) is 0 Å². The highest BCUT2D eigenvalue weighted by atomic mass is 35.5. The minimum absolute atomic E-state index is 0. The Balaban J connectivity index is 0.00000196. The maximum Gasteiger partial charge on any atom is 0.205 e. The third-order valence-corrected chi connectivity index (χ3v) is 6.30. The smallest absolute Gasteiger partial charge is 0.205 e. The molecule has 7 heteroatoms. The van der Waals surface area contributed by atoms with Crippen molar-refractivity contribution in [2.45, 2.75) is 33.3 Å². The van der Waals surface area contributed by atoms with E-state index in [1.54, 1.807) is 23.1 Å². The molecule has 1 aromatic carbocycles. The second-order valence-electron chi connectivity index (χ2n) is 6.27. The van der Waals surface area contributed by atoms with Crippen molar-refractivity contribution >= 4 is 45.2 Å². The molecule has 0 amide bonds. The summed E-state index contributed by atoms with van der Waals surface area (Å²) in [6, 6.07) is 7.07. The molecule has 1 saturated heterocycles. The van der Waals surface area contributed by atoms with Crippen LogP contribution in [-0.4, -0.2) is 28.9 Å². The van der Waals surface area contributed by atoms with Gasteiger partial charge < -0.3 is 10.0 Å². The molecule has 2 aromatic rings. The van der Waals surface area contributed by atoms with Crippen LogP contribution >= 0.6 is 22.9 Å². The number of aliphatic imine (C=N–C) groups is 1. The van der Waals surface area contributed by atoms with Gasteiger partial charge in [-0.05, 0) is 37.6 Å². The lowest BCUT2D eigenvalue weighted by Crippen LogP contribution is -2.48. The first-order chi connectivity index (χ1) is 11.9. The lowest BCUT2D eigenvalue weighted by Gasteiger charge is -2.29. The fourth-order valence-electron chi connectivity index (χ4n) is 3.35. The number of hydrogen-bond donors (Lipinski definition) is 1. The molecule has 1 N–H and O–H groups in total. The number of anilines is 1. The van der Waals surface area contributed by atoms with Crippen LogP contribution in [0.3, 0.4) is 0 Å². The lowest BCUT2D eigenvalue weighted by molar-refractivity contribution is 0.0602. The van der Waals surface area contributed by atoms with Crippen LogP contribution in [-0.2, 0) is 0 Å². The highest BCUT2D eigenvalue weighted by molar-refractivity contribution is 7.16. The number of ketones is 1. The standard InChI is InChI=1S/C18H14ClN3O2S.CH4/c1-9-10(2)25-16-14(9)15(23)18(24)5-6-22(17(18)21-16)12-4-3-11(8-20)13(19)7-12;/h3-4,7,24H,5-6H2,1-2H3;1H4/t18-;/m1./s1. The zero-order valence-corrected chi connectivity index (χ0v) is 15.2. The van der Waals surface area contributed by atoms with Crippen molar-refractivity contribution < 1.29 is 9.90 Å². The van der Waals surface area contributed by atoms with Crippen molar-refractivity contribution in [1.29, 1.82) is 5.26 Å². The monoisotopic (exact) mass is 387 g/mol. The molecule has 2 aliphatic rings. The highest BCUT2D eigenvalue weighted by Crippen LogP contribution is 2.45. The van der Waals surface area contributed by atoms with Gasteiger partial charge in [-0.15, -0.1) is 11.3 Å². The van der Waals surface area contributed by atoms with Gasteiger partial charge in [-0.25, -0.2) is 4.99 Å². The largest absolute Gasteiger partial charge is 0.374 e. The first-order valence-corrected chi connectivity index (χ1v) is 9.00. The number of nitriles is 1. The van der Waals surface area contributed by atoms with E-state index in [-0.39, 0.29) is 19.6 Å². The number of carbonyl (C=O) groups is 1. The van der Waals surface area contributed by atoms with Crippen molar-refractivity contribution in [3.8, 4) is 6.07 Å². The first kappa shape index (κ1) is 18.6. The van der Waals surface area contributed by atoms with Gasteiger partial charge in [-0.3, -0.25) is 4.79 Å². The van der Waals surface area contributed by atoms with E-state index in [4.69, 9.17) is 16.9 Å². The zero-order valence-electron chi connectivity index (χ0n) is 13.6. The second kappa shape index (κ2) is 6.20. The predicted molar refractivity (Wildman–Crippen MR) is 105 cm³/mol. The van der Waals surface area contributed by atoms with Crippen LogP contribution in [0.5, 0.6) is 0 Å². The van der Waals surface area contributed by atoms with Crippen LogP contribution in [0, 0.1) is 25.2 Å². The number of aryl methyl sites for hydroxylation is 1. The van der Waals surface area contributed by atoms with E-state index in [1.165, 1.54) is 11.3 Å². The SMILES string of the molecule is C.Cc1sc2c(c1C)C(=O)[C@]1(O)CCN(c3ccc(C#N)c(Cl)c3)C1=N2. The molecule has 0 spiro atoms. The fraction of sp³-hybridized carbons (Fsp3) is 0.316. The molecule has 4 rings (SSSR count). The molecule has 0 aliphatic carbocycles. The van der Waals surface area contributed by atoms with Crippen molar-refractivity contribution in [1.82, 2.24) is 0 Å². The normalized spacial score (nSPS) is 20.8. The van der Waals surface area contributed by atoms with Gasteiger partial charge in [-0.2, -0.15) is 5.26 Å². The predicted octanol–water partition coefficient (Wildman–Crippen LogP) is 4.39. The molecule has 0 radical (unpaired) electrons. The molecule has 5 nitrogen and oxygen atoms in total. The summed E-state index contributed by atoms with van der Waals surface area (Å²) < 4.78 is 0. The van der Waals surface area contributed by atoms with Gasteiger partial charge >= 0.3 is 0 Å². The molecule has 0 saturated carbocycles. The summed E-state index contributed by atoms with van der Waals surface area (Å²) in [6.07, 6.45) is 0.274. The van der Waals surface area contributed by atoms with Crippen molar-refractivity contribution in [3.63, 3.8) is 0 Å². The quantitative estimate of drug-likeness (QED) is 0.787. The van der Waals surface area contributed by atoms with Crippen LogP contribution in [0.15, 0.2) is 23.2 Å². The summed E-state index contributed by atoms with van der Waals surface area (Å²) >= 11 is 7.59. The molecular weight excluding hydrogens is 370 g/mol. The van der Waals surface area contributed by atoms with Gasteiger partial charge in [0.05, 0.1) is 16.1 Å². The number of carbonyl (C=O) groups excluding carboxylic acids is 1. The zero-order chi connectivity index (χ0) is 17.9. The van der Waals surface area contributed by atoms with Gasteiger partial charge in [0.15, 0.2) is 11.4 Å². The van der Waals surface area contributed by atoms with E-state index in [9.17, 15) is 9.90 Å². The number of aliphatic hydroxyl groups is 1. The van der Waals surface area contributed by atoms with Gasteiger partial charge in [-0.1, -0.05) is 19.0 Å². The third kappa shape index (κ3) is 2.39. The van der Waals surface area contributed by atoms with Crippen molar-refractivity contribution in [2.24, 2.45) is 4.99 Å². The summed E-state index contributed by atoms with van der Waals surface area (Å²) in [5.74, 6) is 0.0589. The summed E-state index contributed by atoms with van der Waals surface area (Å²) in [5.41, 5.74) is 0.911. The average molecular weight is 388 g/mol. The number of rotatable bonds is 1. The number of amidine groups is 1. The minimum Gasteiger partial charge on any atom is -0.374 e. The maximum absolute atomic E-state index is 13.0. The van der Waals surface area contributed by atoms with E-state index in [0.29, 0.717) is 39.2 Å². The number of halogens is 1. The molecule has 1 aromatic heterocycles. The van der Waals surface area contributed by atoms with E-state index in [0.717, 1.165) is 10.4 Å². The molecular formula is C19H18ClN3O2S. The summed E-state index contributed by atoms with van der Waals surface area (Å²) in [7, 11) is 0. The van der Waals surface area contributed by atoms with Crippen LogP contribution in [0.2, 0.25) is 5.02 Å². The Kier molecular flexibility index (Phi) is 4.43. The molecule has 0 unspecified atom stereocenters. The Morgan fingerprint density at radius 1 is 1.42 bits per heavy atom. The first-order valence-electron chi connectivity index (χ1n) is 7.80. The Labute approximate surface area is 161 Å². The molecule has 134 valence electrons. The van der Waals surface area contributed by atoms with Crippen LogP contribution in [0.4, 0.5) is 10.7 Å². The fourth-order valence-corrected chi connectivity index (χ4v) is 4.60. The van der Waals surface area contributed by atoms with Gasteiger partial charge in [0.1, 0.15) is 11.1 Å². The molecule has 2 aliphatic heterocycles. The number of nitrogens with zero attached hydrogens (tertiary/aromatic N) is 3. The number of benzene rings is 1. The van der Waals surface area contributed by atoms with Crippen LogP contribution in [0.1, 0.15) is 40.2 Å². The van der Waals surface area contributed by atoms with Crippen molar-refractivity contribution in [2.75, 3.05) is 11.4 Å². The van der Waals surface area contributed by atoms with E-state index in [2.05, 4.69) is 4.99 Å². The second-order valence-corrected chi connectivity index (χ2v) is 7.88. The summed E-state index contributed by atoms with van der Waals surface area (Å²) in [6.45, 7) is 4.29. The van der Waals surface area contributed by atoms with E-state index in [1.807, 2.05) is 19.9 Å². The maximum atomic E-state index is 13.0. The Hall–Kier alpha value is -2.20. The number of fused-ring (bicyclic) bond motifs is 2. The Bertz CT molecular complexity index is 1000. The molecule has 1 atom stereocenters. The van der Waals surface area contributed by atoms with Gasteiger partial charge in [0, 0.05) is 23.5 Å². The third-order valence-electron chi connectivity index (χ3n) is 4.88. The molecule has 26 heavy (non-hydrogen) atoms. The average Bonchev–Trinajstić information content (AvgIpc) is 3.06. The molecule has 3 heterocycles.